The number of amidine groups is 1. The van der Waals surface area contributed by atoms with Gasteiger partial charge in [-0.25, -0.2) is 0 Å². The van der Waals surface area contributed by atoms with E-state index in [1.165, 1.54) is 0 Å². The zero-order valence-electron chi connectivity index (χ0n) is 7.73. The maximum atomic E-state index is 5.46. The van der Waals surface area contributed by atoms with Crippen LogP contribution in [0, 0.1) is 0 Å². The van der Waals surface area contributed by atoms with Gasteiger partial charge in [0.15, 0.2) is 0 Å². The number of hydrogen-bond acceptors (Lipinski definition) is 2. The van der Waals surface area contributed by atoms with Gasteiger partial charge in [0.05, 0.1) is 6.61 Å². The zero-order valence-corrected chi connectivity index (χ0v) is 7.73. The fourth-order valence-electron chi connectivity index (χ4n) is 0.912. The van der Waals surface area contributed by atoms with Crippen LogP contribution >= 0.6 is 0 Å². The van der Waals surface area contributed by atoms with Crippen LogP contribution in [-0.4, -0.2) is 19.5 Å². The second-order valence-electron chi connectivity index (χ2n) is 2.69. The average Bonchev–Trinajstić information content (AvgIpc) is 2.19. The van der Waals surface area contributed by atoms with E-state index in [-0.39, 0.29) is 0 Å². The largest absolute Gasteiger partial charge is 0.386 e. The van der Waals surface area contributed by atoms with Crippen LogP contribution in [0.5, 0.6) is 0 Å². The predicted molar refractivity (Wildman–Crippen MR) is 53.6 cm³/mol. The van der Waals surface area contributed by atoms with Crippen molar-refractivity contribution in [2.24, 2.45) is 10.7 Å². The number of nitrogens with two attached hydrogens (primary N) is 1. The van der Waals surface area contributed by atoms with Gasteiger partial charge >= 0.3 is 0 Å². The standard InChI is InChI=1S/C10H14N2O/c1-12-10(11)8-13-7-9-5-3-2-4-6-9/h2-6H,7-8H2,1H3,(H2,11,12). The molecule has 1 aromatic rings. The first-order valence-electron chi connectivity index (χ1n) is 4.15. The molecule has 0 aliphatic heterocycles. The first kappa shape index (κ1) is 9.74. The minimum atomic E-state index is 0.394. The monoisotopic (exact) mass is 178 g/mol. The third kappa shape index (κ3) is 3.71. The minimum absolute atomic E-state index is 0.394. The number of nitrogens with zero attached hydrogens (tertiary/aromatic N) is 1. The summed E-state index contributed by atoms with van der Waals surface area (Å²) in [5.41, 5.74) is 6.61. The van der Waals surface area contributed by atoms with Crippen molar-refractivity contribution in [3.05, 3.63) is 35.9 Å². The molecule has 0 heterocycles. The van der Waals surface area contributed by atoms with Gasteiger partial charge in [-0.05, 0) is 5.56 Å². The van der Waals surface area contributed by atoms with E-state index in [1.54, 1.807) is 7.05 Å². The minimum Gasteiger partial charge on any atom is -0.386 e. The fraction of sp³-hybridized carbons (Fsp3) is 0.300. The summed E-state index contributed by atoms with van der Waals surface area (Å²) in [5.74, 6) is 0.524. The summed E-state index contributed by atoms with van der Waals surface area (Å²) >= 11 is 0. The van der Waals surface area contributed by atoms with Crippen LogP contribution in [0.3, 0.4) is 0 Å². The highest BCUT2D eigenvalue weighted by Crippen LogP contribution is 1.99. The fourth-order valence-corrected chi connectivity index (χ4v) is 0.912. The molecule has 1 rings (SSSR count). The average molecular weight is 178 g/mol. The van der Waals surface area contributed by atoms with Crippen molar-refractivity contribution >= 4 is 5.84 Å². The molecule has 0 saturated carbocycles. The van der Waals surface area contributed by atoms with E-state index in [0.717, 1.165) is 5.56 Å². The second kappa shape index (κ2) is 5.32. The van der Waals surface area contributed by atoms with Crippen molar-refractivity contribution in [3.8, 4) is 0 Å². The summed E-state index contributed by atoms with van der Waals surface area (Å²) < 4.78 is 5.32. The molecular weight excluding hydrogens is 164 g/mol. The Bertz CT molecular complexity index is 270. The van der Waals surface area contributed by atoms with Crippen LogP contribution in [-0.2, 0) is 11.3 Å². The SMILES string of the molecule is CN=C(N)COCc1ccccc1. The Labute approximate surface area is 78.2 Å². The van der Waals surface area contributed by atoms with E-state index < -0.39 is 0 Å². The first-order valence-corrected chi connectivity index (χ1v) is 4.15. The molecule has 0 aliphatic carbocycles. The summed E-state index contributed by atoms with van der Waals surface area (Å²) in [4.78, 5) is 3.79. The molecule has 3 heteroatoms. The van der Waals surface area contributed by atoms with Gasteiger partial charge in [-0.3, -0.25) is 4.99 Å². The Kier molecular flexibility index (Phi) is 3.99. The summed E-state index contributed by atoms with van der Waals surface area (Å²) in [6, 6.07) is 9.97. The van der Waals surface area contributed by atoms with E-state index >= 15 is 0 Å². The Morgan fingerprint density at radius 1 is 1.38 bits per heavy atom. The Balaban J connectivity index is 2.28. The summed E-state index contributed by atoms with van der Waals surface area (Å²) in [6.45, 7) is 0.975. The van der Waals surface area contributed by atoms with Crippen LogP contribution in [0.4, 0.5) is 0 Å². The molecule has 0 bridgehead atoms. The highest BCUT2D eigenvalue weighted by atomic mass is 16.5. The number of rotatable bonds is 4. The molecular formula is C10H14N2O. The molecule has 0 aliphatic rings. The van der Waals surface area contributed by atoms with Gasteiger partial charge in [-0.2, -0.15) is 0 Å². The number of ether oxygens (including phenoxy) is 1. The van der Waals surface area contributed by atoms with E-state index in [9.17, 15) is 0 Å². The highest BCUT2D eigenvalue weighted by molar-refractivity contribution is 5.81. The second-order valence-corrected chi connectivity index (χ2v) is 2.69. The van der Waals surface area contributed by atoms with Gasteiger partial charge in [-0.1, -0.05) is 30.3 Å². The summed E-state index contributed by atoms with van der Waals surface area (Å²) in [6.07, 6.45) is 0. The molecule has 13 heavy (non-hydrogen) atoms. The van der Waals surface area contributed by atoms with Gasteiger partial charge in [0, 0.05) is 7.05 Å². The number of aliphatic imine (C=N–C) groups is 1. The van der Waals surface area contributed by atoms with Crippen LogP contribution in [0.15, 0.2) is 35.3 Å². The molecule has 0 saturated heterocycles. The first-order chi connectivity index (χ1) is 6.33. The molecule has 1 aromatic carbocycles. The maximum Gasteiger partial charge on any atom is 0.120 e. The zero-order chi connectivity index (χ0) is 9.52. The van der Waals surface area contributed by atoms with Crippen molar-refractivity contribution < 1.29 is 4.74 Å². The summed E-state index contributed by atoms with van der Waals surface area (Å²) in [7, 11) is 1.65. The topological polar surface area (TPSA) is 47.6 Å². The highest BCUT2D eigenvalue weighted by Gasteiger charge is 1.93. The van der Waals surface area contributed by atoms with Crippen molar-refractivity contribution in [1.29, 1.82) is 0 Å². The molecule has 2 N–H and O–H groups in total. The van der Waals surface area contributed by atoms with Crippen molar-refractivity contribution in [2.75, 3.05) is 13.7 Å². The van der Waals surface area contributed by atoms with E-state index in [2.05, 4.69) is 4.99 Å². The Hall–Kier alpha value is -1.35. The van der Waals surface area contributed by atoms with E-state index in [0.29, 0.717) is 19.0 Å². The van der Waals surface area contributed by atoms with Gasteiger partial charge in [0.2, 0.25) is 0 Å². The normalized spacial score (nSPS) is 11.6. The van der Waals surface area contributed by atoms with Crippen LogP contribution in [0.25, 0.3) is 0 Å². The maximum absolute atomic E-state index is 5.46. The van der Waals surface area contributed by atoms with Crippen molar-refractivity contribution in [3.63, 3.8) is 0 Å². The van der Waals surface area contributed by atoms with Crippen LogP contribution < -0.4 is 5.73 Å². The molecule has 0 aromatic heterocycles. The lowest BCUT2D eigenvalue weighted by Crippen LogP contribution is -2.18. The molecule has 0 amide bonds. The third-order valence-electron chi connectivity index (χ3n) is 1.65. The van der Waals surface area contributed by atoms with E-state index in [4.69, 9.17) is 10.5 Å². The molecule has 70 valence electrons. The third-order valence-corrected chi connectivity index (χ3v) is 1.65. The van der Waals surface area contributed by atoms with Gasteiger partial charge < -0.3 is 10.5 Å². The van der Waals surface area contributed by atoms with Gasteiger partial charge in [-0.15, -0.1) is 0 Å². The molecule has 0 radical (unpaired) electrons. The number of hydrogen-bond donors (Lipinski definition) is 1. The predicted octanol–water partition coefficient (Wildman–Crippen LogP) is 1.19. The van der Waals surface area contributed by atoms with Crippen LogP contribution in [0.2, 0.25) is 0 Å². The number of benzene rings is 1. The molecule has 0 fully saturated rings. The van der Waals surface area contributed by atoms with Crippen molar-refractivity contribution in [1.82, 2.24) is 0 Å². The van der Waals surface area contributed by atoms with E-state index in [1.807, 2.05) is 30.3 Å². The lowest BCUT2D eigenvalue weighted by Gasteiger charge is -2.02. The lowest BCUT2D eigenvalue weighted by molar-refractivity contribution is 0.157. The molecule has 3 nitrogen and oxygen atoms in total. The smallest absolute Gasteiger partial charge is 0.120 e. The quantitative estimate of drug-likeness (QED) is 0.556. The van der Waals surface area contributed by atoms with Gasteiger partial charge in [0.1, 0.15) is 12.4 Å². The molecule has 0 spiro atoms. The molecule has 0 unspecified atom stereocenters. The Morgan fingerprint density at radius 2 is 2.08 bits per heavy atom. The van der Waals surface area contributed by atoms with Crippen molar-refractivity contribution in [2.45, 2.75) is 6.61 Å². The Morgan fingerprint density at radius 3 is 2.69 bits per heavy atom. The van der Waals surface area contributed by atoms with Crippen LogP contribution in [0.1, 0.15) is 5.56 Å². The lowest BCUT2D eigenvalue weighted by atomic mass is 10.2. The summed E-state index contributed by atoms with van der Waals surface area (Å²) in [5, 5.41) is 0. The van der Waals surface area contributed by atoms with Gasteiger partial charge in [0.25, 0.3) is 0 Å². The molecule has 0 atom stereocenters.